The van der Waals surface area contributed by atoms with Gasteiger partial charge in [-0.3, -0.25) is 4.31 Å². The maximum absolute atomic E-state index is 12.3. The Labute approximate surface area is 160 Å². The molecule has 1 N–H and O–H groups in total. The van der Waals surface area contributed by atoms with Gasteiger partial charge in [-0.25, -0.2) is 8.42 Å². The summed E-state index contributed by atoms with van der Waals surface area (Å²) in [5.41, 5.74) is 3.35. The Bertz CT molecular complexity index is 843. The van der Waals surface area contributed by atoms with Crippen molar-refractivity contribution in [3.63, 3.8) is 0 Å². The molecule has 0 heterocycles. The van der Waals surface area contributed by atoms with Gasteiger partial charge in [-0.1, -0.05) is 29.3 Å². The molecule has 1 atom stereocenters. The van der Waals surface area contributed by atoms with Crippen molar-refractivity contribution in [1.29, 1.82) is 0 Å². The monoisotopic (exact) mass is 397 g/mol. The first-order valence-corrected chi connectivity index (χ1v) is 10.4. The van der Waals surface area contributed by atoms with E-state index in [4.69, 9.17) is 16.3 Å². The summed E-state index contributed by atoms with van der Waals surface area (Å²) >= 11 is 5.82. The fourth-order valence-electron chi connectivity index (χ4n) is 2.93. The summed E-state index contributed by atoms with van der Waals surface area (Å²) in [6.45, 7) is 5.58. The van der Waals surface area contributed by atoms with Gasteiger partial charge in [0.15, 0.2) is 0 Å². The number of ether oxygens (including phenoxy) is 1. The maximum atomic E-state index is 12.3. The number of rotatable bonds is 7. The van der Waals surface area contributed by atoms with Crippen molar-refractivity contribution in [2.45, 2.75) is 26.9 Å². The first-order chi connectivity index (χ1) is 12.1. The van der Waals surface area contributed by atoms with Crippen molar-refractivity contribution in [2.24, 2.45) is 0 Å². The largest absolute Gasteiger partial charge is 0.491 e. The number of hydrogen-bond acceptors (Lipinski definition) is 4. The predicted molar refractivity (Wildman–Crippen MR) is 106 cm³/mol. The summed E-state index contributed by atoms with van der Waals surface area (Å²) in [7, 11) is -3.56. The van der Waals surface area contributed by atoms with Gasteiger partial charge in [0.1, 0.15) is 18.5 Å². The smallest absolute Gasteiger partial charge is 0.232 e. The number of anilines is 1. The number of halogens is 1. The highest BCUT2D eigenvalue weighted by Gasteiger charge is 2.24. The van der Waals surface area contributed by atoms with Crippen LogP contribution in [0.5, 0.6) is 5.75 Å². The average Bonchev–Trinajstić information content (AvgIpc) is 2.51. The Morgan fingerprint density at radius 3 is 2.15 bits per heavy atom. The number of hydrogen-bond donors (Lipinski definition) is 1. The zero-order valence-corrected chi connectivity index (χ0v) is 16.9. The molecule has 0 amide bonds. The fourth-order valence-corrected chi connectivity index (χ4v) is 4.11. The van der Waals surface area contributed by atoms with Gasteiger partial charge in [-0.2, -0.15) is 0 Å². The molecule has 0 spiro atoms. The van der Waals surface area contributed by atoms with Gasteiger partial charge >= 0.3 is 0 Å². The highest BCUT2D eigenvalue weighted by Crippen LogP contribution is 2.28. The third kappa shape index (κ3) is 5.37. The summed E-state index contributed by atoms with van der Waals surface area (Å²) in [6, 6.07) is 10.6. The lowest BCUT2D eigenvalue weighted by Crippen LogP contribution is -2.40. The van der Waals surface area contributed by atoms with E-state index < -0.39 is 16.1 Å². The van der Waals surface area contributed by atoms with E-state index in [9.17, 15) is 13.5 Å². The lowest BCUT2D eigenvalue weighted by molar-refractivity contribution is 0.115. The molecule has 0 aliphatic heterocycles. The van der Waals surface area contributed by atoms with E-state index in [1.807, 2.05) is 32.9 Å². The number of sulfonamides is 1. The van der Waals surface area contributed by atoms with Crippen LogP contribution in [0.3, 0.4) is 0 Å². The van der Waals surface area contributed by atoms with E-state index >= 15 is 0 Å². The van der Waals surface area contributed by atoms with Crippen LogP contribution in [0.1, 0.15) is 16.7 Å². The minimum atomic E-state index is -3.56. The topological polar surface area (TPSA) is 66.8 Å². The molecule has 0 saturated heterocycles. The molecule has 0 aliphatic carbocycles. The van der Waals surface area contributed by atoms with E-state index in [2.05, 4.69) is 0 Å². The van der Waals surface area contributed by atoms with E-state index in [0.717, 1.165) is 22.9 Å². The second-order valence-corrected chi connectivity index (χ2v) is 8.80. The van der Waals surface area contributed by atoms with E-state index in [1.54, 1.807) is 24.3 Å². The highest BCUT2D eigenvalue weighted by molar-refractivity contribution is 7.92. The van der Waals surface area contributed by atoms with E-state index in [-0.39, 0.29) is 13.2 Å². The predicted octanol–water partition coefficient (Wildman–Crippen LogP) is 3.47. The first-order valence-electron chi connectivity index (χ1n) is 8.20. The fraction of sp³-hybridized carbons (Fsp3) is 0.368. The van der Waals surface area contributed by atoms with Crippen molar-refractivity contribution in [3.05, 3.63) is 58.1 Å². The molecular weight excluding hydrogens is 374 g/mol. The summed E-state index contributed by atoms with van der Waals surface area (Å²) in [6.07, 6.45) is 0.152. The normalized spacial score (nSPS) is 12.7. The van der Waals surface area contributed by atoms with Crippen molar-refractivity contribution in [1.82, 2.24) is 0 Å². The van der Waals surface area contributed by atoms with Crippen LogP contribution in [0.15, 0.2) is 36.4 Å². The van der Waals surface area contributed by atoms with Crippen molar-refractivity contribution < 1.29 is 18.3 Å². The second kappa shape index (κ2) is 8.29. The number of benzene rings is 2. The standard InChI is InChI=1S/C19H24ClNO4S/c1-13-9-14(2)19(15(3)10-13)21(26(4,23)24)11-17(22)12-25-18-7-5-16(20)6-8-18/h5-10,17,22H,11-12H2,1-4H3/t17-/m0/s1. The van der Waals surface area contributed by atoms with Crippen LogP contribution >= 0.6 is 11.6 Å². The minimum absolute atomic E-state index is 0.0301. The van der Waals surface area contributed by atoms with Gasteiger partial charge < -0.3 is 9.84 Å². The molecule has 142 valence electrons. The van der Waals surface area contributed by atoms with Crippen molar-refractivity contribution in [2.75, 3.05) is 23.7 Å². The van der Waals surface area contributed by atoms with Gasteiger partial charge in [0.2, 0.25) is 10.0 Å². The molecule has 0 saturated carbocycles. The van der Waals surface area contributed by atoms with Gasteiger partial charge in [-0.15, -0.1) is 0 Å². The zero-order valence-electron chi connectivity index (χ0n) is 15.4. The quantitative estimate of drug-likeness (QED) is 0.776. The highest BCUT2D eigenvalue weighted by atomic mass is 35.5. The summed E-state index contributed by atoms with van der Waals surface area (Å²) < 4.78 is 31.4. The second-order valence-electron chi connectivity index (χ2n) is 6.46. The zero-order chi connectivity index (χ0) is 19.5. The van der Waals surface area contributed by atoms with Crippen LogP contribution in [0.2, 0.25) is 5.02 Å². The molecule has 2 aromatic carbocycles. The van der Waals surface area contributed by atoms with Crippen molar-refractivity contribution in [3.8, 4) is 5.75 Å². The molecule has 0 bridgehead atoms. The Morgan fingerprint density at radius 1 is 1.12 bits per heavy atom. The summed E-state index contributed by atoms with van der Waals surface area (Å²) in [5, 5.41) is 10.9. The lowest BCUT2D eigenvalue weighted by Gasteiger charge is -2.28. The number of nitrogens with zero attached hydrogens (tertiary/aromatic N) is 1. The molecule has 0 aromatic heterocycles. The third-order valence-corrected chi connectivity index (χ3v) is 5.30. The number of aliphatic hydroxyl groups excluding tert-OH is 1. The molecule has 0 radical (unpaired) electrons. The Hall–Kier alpha value is -1.76. The summed E-state index contributed by atoms with van der Waals surface area (Å²) in [5.74, 6) is 0.557. The lowest BCUT2D eigenvalue weighted by atomic mass is 10.0. The SMILES string of the molecule is Cc1cc(C)c(N(C[C@H](O)COc2ccc(Cl)cc2)S(C)(=O)=O)c(C)c1. The molecule has 26 heavy (non-hydrogen) atoms. The van der Waals surface area contributed by atoms with Crippen LogP contribution < -0.4 is 9.04 Å². The minimum Gasteiger partial charge on any atom is -0.491 e. The molecule has 0 unspecified atom stereocenters. The van der Waals surface area contributed by atoms with Crippen LogP contribution in [-0.2, 0) is 10.0 Å². The first kappa shape index (κ1) is 20.6. The van der Waals surface area contributed by atoms with E-state index in [1.165, 1.54) is 4.31 Å². The molecule has 0 aliphatic rings. The Balaban J connectivity index is 2.17. The maximum Gasteiger partial charge on any atom is 0.232 e. The molecule has 2 rings (SSSR count). The number of aryl methyl sites for hydroxylation is 3. The van der Waals surface area contributed by atoms with Crippen LogP contribution in [0.25, 0.3) is 0 Å². The molecule has 0 fully saturated rings. The summed E-state index contributed by atoms with van der Waals surface area (Å²) in [4.78, 5) is 0. The van der Waals surface area contributed by atoms with Crippen molar-refractivity contribution >= 4 is 27.3 Å². The molecular formula is C19H24ClNO4S. The molecule has 5 nitrogen and oxygen atoms in total. The molecule has 2 aromatic rings. The van der Waals surface area contributed by atoms with E-state index in [0.29, 0.717) is 16.5 Å². The third-order valence-electron chi connectivity index (χ3n) is 3.92. The van der Waals surface area contributed by atoms with Crippen LogP contribution in [0.4, 0.5) is 5.69 Å². The van der Waals surface area contributed by atoms with Gasteiger partial charge in [-0.05, 0) is 56.2 Å². The Morgan fingerprint density at radius 2 is 1.65 bits per heavy atom. The Kier molecular flexibility index (Phi) is 6.55. The number of aliphatic hydroxyl groups is 1. The van der Waals surface area contributed by atoms with Gasteiger partial charge in [0.05, 0.1) is 18.5 Å². The van der Waals surface area contributed by atoms with Gasteiger partial charge in [0, 0.05) is 5.02 Å². The van der Waals surface area contributed by atoms with Crippen LogP contribution in [-0.4, -0.2) is 39.0 Å². The molecule has 7 heteroatoms. The van der Waals surface area contributed by atoms with Gasteiger partial charge in [0.25, 0.3) is 0 Å². The average molecular weight is 398 g/mol. The van der Waals surface area contributed by atoms with Crippen LogP contribution in [0, 0.1) is 20.8 Å².